The van der Waals surface area contributed by atoms with Gasteiger partial charge in [0.15, 0.2) is 21.6 Å². The number of alkyl halides is 3. The van der Waals surface area contributed by atoms with E-state index in [9.17, 15) is 9.90 Å². The zero-order valence-electron chi connectivity index (χ0n) is 14.0. The summed E-state index contributed by atoms with van der Waals surface area (Å²) in [6.45, 7) is 3.57. The number of carbonyl (C=O) groups is 1. The zero-order valence-corrected chi connectivity index (χ0v) is 17.9. The summed E-state index contributed by atoms with van der Waals surface area (Å²) in [6, 6.07) is 1.57. The molecule has 0 unspecified atom stereocenters. The molecule has 27 heavy (non-hydrogen) atoms. The zero-order chi connectivity index (χ0) is 20.4. The Hall–Kier alpha value is -1.11. The van der Waals surface area contributed by atoms with Crippen molar-refractivity contribution in [2.24, 2.45) is 0 Å². The highest BCUT2D eigenvalue weighted by Crippen LogP contribution is 2.31. The van der Waals surface area contributed by atoms with Crippen LogP contribution in [0.1, 0.15) is 12.6 Å². The minimum atomic E-state index is -1.98. The number of anilines is 2. The highest BCUT2D eigenvalue weighted by atomic mass is 35.6. The molecule has 1 fully saturated rings. The maximum absolute atomic E-state index is 11.9. The van der Waals surface area contributed by atoms with Crippen LogP contribution in [0.2, 0.25) is 0 Å². The first kappa shape index (κ1) is 22.2. The highest BCUT2D eigenvalue weighted by Gasteiger charge is 2.40. The van der Waals surface area contributed by atoms with E-state index in [1.165, 1.54) is 5.01 Å². The van der Waals surface area contributed by atoms with E-state index >= 15 is 0 Å². The first-order chi connectivity index (χ1) is 12.5. The molecular weight excluding hydrogens is 459 g/mol. The summed E-state index contributed by atoms with van der Waals surface area (Å²) in [5.74, 6) is -0.400. The minimum absolute atomic E-state index is 0.0115. The first-order valence-electron chi connectivity index (χ1n) is 7.42. The van der Waals surface area contributed by atoms with Crippen molar-refractivity contribution >= 4 is 86.7 Å². The van der Waals surface area contributed by atoms with Crippen LogP contribution in [-0.4, -0.2) is 58.1 Å². The Morgan fingerprint density at radius 2 is 2.22 bits per heavy atom. The quantitative estimate of drug-likeness (QED) is 0.212. The van der Waals surface area contributed by atoms with Gasteiger partial charge >= 0.3 is 5.97 Å². The lowest BCUT2D eigenvalue weighted by Crippen LogP contribution is -2.39. The third-order valence-corrected chi connectivity index (χ3v) is 5.17. The monoisotopic (exact) mass is 472 g/mol. The van der Waals surface area contributed by atoms with Gasteiger partial charge < -0.3 is 15.2 Å². The molecule has 0 saturated carbocycles. The fourth-order valence-corrected chi connectivity index (χ4v) is 3.35. The molecule has 2 heterocycles. The number of thiocarbonyl (C=S) groups is 1. The Labute approximate surface area is 179 Å². The van der Waals surface area contributed by atoms with Crippen LogP contribution in [0.15, 0.2) is 6.07 Å². The lowest BCUT2D eigenvalue weighted by molar-refractivity contribution is -0.141. The van der Waals surface area contributed by atoms with Gasteiger partial charge in [-0.25, -0.2) is 9.99 Å². The predicted octanol–water partition coefficient (Wildman–Crippen LogP) is 2.46. The van der Waals surface area contributed by atoms with Crippen molar-refractivity contribution in [2.75, 3.05) is 17.3 Å². The number of thioether (sulfide) groups is 1. The van der Waals surface area contributed by atoms with Crippen LogP contribution in [0.5, 0.6) is 0 Å². The number of carbonyl (C=O) groups excluding carboxylic acids is 1. The van der Waals surface area contributed by atoms with Crippen molar-refractivity contribution in [3.05, 3.63) is 11.8 Å². The number of aliphatic hydroxyl groups is 1. The highest BCUT2D eigenvalue weighted by molar-refractivity contribution is 8.24. The summed E-state index contributed by atoms with van der Waals surface area (Å²) >= 11 is 23.0. The second kappa shape index (κ2) is 8.93. The fraction of sp³-hybridized carbons (Fsp3) is 0.462. The summed E-state index contributed by atoms with van der Waals surface area (Å²) in [6.07, 6.45) is -1.55. The molecule has 14 heteroatoms. The maximum atomic E-state index is 11.9. The Kier molecular flexibility index (Phi) is 7.33. The van der Waals surface area contributed by atoms with Crippen LogP contribution in [0, 0.1) is 12.3 Å². The van der Waals surface area contributed by atoms with Crippen LogP contribution in [0.4, 0.5) is 11.8 Å². The molecule has 2 atom stereocenters. The van der Waals surface area contributed by atoms with Gasteiger partial charge in [-0.2, -0.15) is 4.98 Å². The number of aromatic nitrogens is 2. The van der Waals surface area contributed by atoms with Crippen molar-refractivity contribution in [1.29, 1.82) is 5.41 Å². The molecule has 1 aliphatic rings. The molecular formula is C13H15Cl3N6O3S2. The smallest absolute Gasteiger partial charge is 0.327 e. The molecule has 1 saturated heterocycles. The molecule has 1 aromatic heterocycles. The Bertz CT molecular complexity index is 763. The number of hydrogen-bond acceptors (Lipinski definition) is 10. The van der Waals surface area contributed by atoms with Gasteiger partial charge in [0.2, 0.25) is 9.74 Å². The van der Waals surface area contributed by atoms with Gasteiger partial charge in [0, 0.05) is 11.8 Å². The van der Waals surface area contributed by atoms with Crippen molar-refractivity contribution in [2.45, 2.75) is 29.1 Å². The third-order valence-electron chi connectivity index (χ3n) is 3.05. The molecule has 0 radical (unpaired) electrons. The van der Waals surface area contributed by atoms with E-state index in [0.29, 0.717) is 5.69 Å². The summed E-state index contributed by atoms with van der Waals surface area (Å²) in [4.78, 5) is 20.1. The molecule has 1 aromatic rings. The summed E-state index contributed by atoms with van der Waals surface area (Å²) in [5, 5.41) is 20.8. The first-order valence-corrected chi connectivity index (χ1v) is 9.84. The second-order valence-corrected chi connectivity index (χ2v) is 9.26. The van der Waals surface area contributed by atoms with Crippen LogP contribution >= 0.6 is 58.8 Å². The van der Waals surface area contributed by atoms with E-state index in [4.69, 9.17) is 57.2 Å². The molecule has 9 nitrogen and oxygen atoms in total. The molecule has 0 aliphatic carbocycles. The fourth-order valence-electron chi connectivity index (χ4n) is 1.92. The van der Waals surface area contributed by atoms with E-state index in [1.807, 2.05) is 0 Å². The number of esters is 1. The lowest BCUT2D eigenvalue weighted by atomic mass is 10.4. The molecule has 1 aliphatic heterocycles. The number of nitrogens with zero attached hydrogens (tertiary/aromatic N) is 3. The van der Waals surface area contributed by atoms with Gasteiger partial charge in [0.1, 0.15) is 5.84 Å². The third kappa shape index (κ3) is 5.69. The van der Waals surface area contributed by atoms with E-state index < -0.39 is 21.2 Å². The van der Waals surface area contributed by atoms with E-state index in [1.54, 1.807) is 19.9 Å². The van der Waals surface area contributed by atoms with Crippen LogP contribution in [-0.2, 0) is 9.53 Å². The van der Waals surface area contributed by atoms with Gasteiger partial charge in [0.25, 0.3) is 0 Å². The van der Waals surface area contributed by atoms with E-state index in [-0.39, 0.29) is 28.5 Å². The molecule has 0 bridgehead atoms. The maximum Gasteiger partial charge on any atom is 0.327 e. The van der Waals surface area contributed by atoms with Gasteiger partial charge in [-0.3, -0.25) is 15.6 Å². The van der Waals surface area contributed by atoms with E-state index in [0.717, 1.165) is 11.8 Å². The number of amidine groups is 1. The van der Waals surface area contributed by atoms with Crippen molar-refractivity contribution < 1.29 is 14.6 Å². The topological polar surface area (TPSA) is 123 Å². The standard InChI is InChI=1S/C13H15Cl3N6O3S2/c1-3-25-9(23)7-8(17)22(12(26)27-7)21-6-4-5(2)18-11(19-6)20-10(24)13(14,15)16/h4,7,10,17,24H,3H2,1-2H3,(H2,18,19,20,21)/t7-,10+/m0/s1. The van der Waals surface area contributed by atoms with Crippen LogP contribution in [0.3, 0.4) is 0 Å². The van der Waals surface area contributed by atoms with Gasteiger partial charge in [-0.15, -0.1) is 0 Å². The summed E-state index contributed by atoms with van der Waals surface area (Å²) in [7, 11) is 0. The molecule has 148 valence electrons. The molecule has 0 aromatic carbocycles. The van der Waals surface area contributed by atoms with Crippen LogP contribution in [0.25, 0.3) is 0 Å². The average Bonchev–Trinajstić information content (AvgIpc) is 2.82. The molecule has 2 rings (SSSR count). The second-order valence-electron chi connectivity index (χ2n) is 5.15. The van der Waals surface area contributed by atoms with Crippen molar-refractivity contribution in [1.82, 2.24) is 15.0 Å². The number of ether oxygens (including phenoxy) is 1. The van der Waals surface area contributed by atoms with Gasteiger partial charge in [-0.05, 0) is 13.8 Å². The van der Waals surface area contributed by atoms with Crippen LogP contribution < -0.4 is 10.7 Å². The van der Waals surface area contributed by atoms with Gasteiger partial charge in [0.05, 0.1) is 6.61 Å². The largest absolute Gasteiger partial charge is 0.465 e. The van der Waals surface area contributed by atoms with Crippen molar-refractivity contribution in [3.63, 3.8) is 0 Å². The number of nitrogens with one attached hydrogen (secondary N) is 3. The number of hydrazine groups is 1. The molecule has 4 N–H and O–H groups in total. The number of hydrogen-bond donors (Lipinski definition) is 4. The van der Waals surface area contributed by atoms with E-state index in [2.05, 4.69) is 20.7 Å². The Morgan fingerprint density at radius 1 is 1.56 bits per heavy atom. The van der Waals surface area contributed by atoms with Crippen molar-refractivity contribution in [3.8, 4) is 0 Å². The Morgan fingerprint density at radius 3 is 2.81 bits per heavy atom. The number of halogens is 3. The SMILES string of the molecule is CCOC(=O)[C@H]1SC(=S)N(Nc2cc(C)nc(N[C@H](O)C(Cl)(Cl)Cl)n2)C1=N. The average molecular weight is 474 g/mol. The number of aliphatic hydroxyl groups excluding tert-OH is 1. The number of aryl methyl sites for hydroxylation is 1. The summed E-state index contributed by atoms with van der Waals surface area (Å²) in [5.41, 5.74) is 3.35. The lowest BCUT2D eigenvalue weighted by Gasteiger charge is -2.22. The normalized spacial score (nSPS) is 18.4. The number of rotatable bonds is 6. The predicted molar refractivity (Wildman–Crippen MR) is 110 cm³/mol. The summed E-state index contributed by atoms with van der Waals surface area (Å²) < 4.78 is 3.21. The Balaban J connectivity index is 2.16. The molecule has 0 amide bonds. The molecule has 0 spiro atoms. The van der Waals surface area contributed by atoms with Gasteiger partial charge in [-0.1, -0.05) is 58.8 Å². The minimum Gasteiger partial charge on any atom is -0.465 e.